The van der Waals surface area contributed by atoms with Gasteiger partial charge < -0.3 is 26.2 Å². The summed E-state index contributed by atoms with van der Waals surface area (Å²) in [6, 6.07) is 6.65. The van der Waals surface area contributed by atoms with Crippen LogP contribution >= 0.6 is 0 Å². The van der Waals surface area contributed by atoms with Crippen molar-refractivity contribution in [2.75, 3.05) is 48.7 Å². The van der Waals surface area contributed by atoms with Gasteiger partial charge in [-0.2, -0.15) is 10.2 Å². The first-order valence-corrected chi connectivity index (χ1v) is 14.4. The third-order valence-corrected chi connectivity index (χ3v) is 7.52. The Balaban J connectivity index is 0.000000174. The maximum absolute atomic E-state index is 13.2. The molecule has 2 fully saturated rings. The molecule has 2 aliphatic rings. The second kappa shape index (κ2) is 13.4. The largest absolute Gasteiger partial charge is 0.376 e. The number of likely N-dealkylation sites (tertiary alicyclic amines) is 1. The van der Waals surface area contributed by atoms with Crippen molar-refractivity contribution < 1.29 is 9.18 Å². The number of piperidine rings is 2. The first kappa shape index (κ1) is 28.2. The van der Waals surface area contributed by atoms with Crippen LogP contribution in [0.3, 0.4) is 0 Å². The maximum atomic E-state index is 13.2. The molecule has 6 heterocycles. The number of nitrogens with zero attached hydrogens (tertiary/aromatic N) is 7. The molecule has 0 aliphatic carbocycles. The standard InChI is InChI=1S/C18H20FN7O.C10H14N6/c19-12-3-1-4-13(7-12)20-9-16(27)26-6-2-5-14(10-26)24-17-15-8-23-25-18(15)22-11-21-17;1-2-7(4-11-3-1)15-9-8-5-14-16-10(8)13-6-12-9/h1,3-4,7-8,11,14,20H,2,5-6,9-10H2,(H2,21,22,23,24,25);5-7,11H,1-4H2,(H2,12,13,14,15,16)/t14-;7-/m00/s1. The summed E-state index contributed by atoms with van der Waals surface area (Å²) in [5.41, 5.74) is 2.05. The summed E-state index contributed by atoms with van der Waals surface area (Å²) in [7, 11) is 0. The van der Waals surface area contributed by atoms with Crippen molar-refractivity contribution in [3.8, 4) is 0 Å². The molecule has 224 valence electrons. The van der Waals surface area contributed by atoms with Gasteiger partial charge in [-0.05, 0) is 50.4 Å². The number of hydrogen-bond donors (Lipinski definition) is 6. The van der Waals surface area contributed by atoms with Crippen LogP contribution in [-0.4, -0.2) is 95.9 Å². The van der Waals surface area contributed by atoms with E-state index in [2.05, 4.69) is 61.6 Å². The van der Waals surface area contributed by atoms with E-state index in [0.29, 0.717) is 36.3 Å². The van der Waals surface area contributed by atoms with E-state index in [-0.39, 0.29) is 24.3 Å². The lowest BCUT2D eigenvalue weighted by Crippen LogP contribution is -2.47. The third-order valence-electron chi connectivity index (χ3n) is 7.52. The average molecular weight is 588 g/mol. The molecule has 0 spiro atoms. The maximum Gasteiger partial charge on any atom is 0.241 e. The third kappa shape index (κ3) is 7.12. The molecule has 4 aromatic heterocycles. The summed E-state index contributed by atoms with van der Waals surface area (Å²) in [4.78, 5) is 31.1. The van der Waals surface area contributed by atoms with Crippen LogP contribution in [0.1, 0.15) is 25.7 Å². The Kier molecular flexibility index (Phi) is 8.77. The molecule has 14 nitrogen and oxygen atoms in total. The summed E-state index contributed by atoms with van der Waals surface area (Å²) < 4.78 is 13.2. The van der Waals surface area contributed by atoms with Gasteiger partial charge >= 0.3 is 0 Å². The molecule has 5 aromatic rings. The van der Waals surface area contributed by atoms with Gasteiger partial charge in [0.2, 0.25) is 5.91 Å². The molecule has 2 atom stereocenters. The SMILES string of the molecule is O=C(CNc1cccc(F)c1)N1CCC[C@H](Nc2ncnc3[nH]ncc23)C1.c1nc(N[C@H]2CCCNC2)c2cn[nH]c2n1. The van der Waals surface area contributed by atoms with Gasteiger partial charge in [0, 0.05) is 37.4 Å². The van der Waals surface area contributed by atoms with Gasteiger partial charge in [-0.1, -0.05) is 6.07 Å². The normalized spacial score (nSPS) is 18.6. The van der Waals surface area contributed by atoms with Crippen molar-refractivity contribution in [3.05, 3.63) is 55.1 Å². The Morgan fingerprint density at radius 1 is 0.930 bits per heavy atom. The minimum atomic E-state index is -0.329. The zero-order valence-corrected chi connectivity index (χ0v) is 23.6. The number of nitrogens with one attached hydrogen (secondary N) is 6. The van der Waals surface area contributed by atoms with Crippen molar-refractivity contribution in [1.29, 1.82) is 0 Å². The second-order valence-corrected chi connectivity index (χ2v) is 10.6. The Morgan fingerprint density at radius 2 is 1.63 bits per heavy atom. The number of carbonyl (C=O) groups is 1. The zero-order chi connectivity index (χ0) is 29.4. The van der Waals surface area contributed by atoms with E-state index in [0.717, 1.165) is 48.2 Å². The highest BCUT2D eigenvalue weighted by atomic mass is 19.1. The summed E-state index contributed by atoms with van der Waals surface area (Å²) in [5, 5.41) is 28.6. The highest BCUT2D eigenvalue weighted by Crippen LogP contribution is 2.21. The number of amides is 1. The zero-order valence-electron chi connectivity index (χ0n) is 23.6. The van der Waals surface area contributed by atoms with E-state index < -0.39 is 0 Å². The first-order valence-electron chi connectivity index (χ1n) is 14.4. The Bertz CT molecular complexity index is 1650. The molecule has 1 amide bonds. The molecule has 2 saturated heterocycles. The highest BCUT2D eigenvalue weighted by molar-refractivity contribution is 5.86. The molecular weight excluding hydrogens is 553 g/mol. The molecular formula is C28H34FN13O. The predicted molar refractivity (Wildman–Crippen MR) is 161 cm³/mol. The second-order valence-electron chi connectivity index (χ2n) is 10.6. The van der Waals surface area contributed by atoms with Gasteiger partial charge in [0.15, 0.2) is 11.3 Å². The van der Waals surface area contributed by atoms with E-state index in [9.17, 15) is 9.18 Å². The lowest BCUT2D eigenvalue weighted by Gasteiger charge is -2.33. The molecule has 15 heteroatoms. The van der Waals surface area contributed by atoms with Crippen molar-refractivity contribution in [1.82, 2.24) is 50.5 Å². The fourth-order valence-electron chi connectivity index (χ4n) is 5.33. The van der Waals surface area contributed by atoms with Crippen LogP contribution in [0.2, 0.25) is 0 Å². The number of rotatable bonds is 7. The van der Waals surface area contributed by atoms with Gasteiger partial charge in [0.05, 0.1) is 29.7 Å². The minimum absolute atomic E-state index is 0.0121. The molecule has 43 heavy (non-hydrogen) atoms. The molecule has 0 radical (unpaired) electrons. The lowest BCUT2D eigenvalue weighted by atomic mass is 10.1. The van der Waals surface area contributed by atoms with Crippen molar-refractivity contribution in [2.45, 2.75) is 37.8 Å². The highest BCUT2D eigenvalue weighted by Gasteiger charge is 2.24. The monoisotopic (exact) mass is 587 g/mol. The molecule has 2 aliphatic heterocycles. The number of halogens is 1. The number of aromatic nitrogens is 8. The van der Waals surface area contributed by atoms with E-state index in [1.54, 1.807) is 30.9 Å². The van der Waals surface area contributed by atoms with Crippen molar-refractivity contribution in [3.63, 3.8) is 0 Å². The van der Waals surface area contributed by atoms with Gasteiger partial charge in [-0.25, -0.2) is 24.3 Å². The van der Waals surface area contributed by atoms with E-state index in [4.69, 9.17) is 0 Å². The number of carbonyl (C=O) groups excluding carboxylic acids is 1. The summed E-state index contributed by atoms with van der Waals surface area (Å²) >= 11 is 0. The Morgan fingerprint density at radius 3 is 2.30 bits per heavy atom. The first-order chi connectivity index (χ1) is 21.1. The minimum Gasteiger partial charge on any atom is -0.376 e. The van der Waals surface area contributed by atoms with Crippen molar-refractivity contribution in [2.24, 2.45) is 0 Å². The number of hydrogen-bond acceptors (Lipinski definition) is 11. The number of H-pyrrole nitrogens is 2. The molecule has 6 N–H and O–H groups in total. The molecule has 1 aromatic carbocycles. The molecule has 0 saturated carbocycles. The Labute approximate surface area is 246 Å². The molecule has 7 rings (SSSR count). The van der Waals surface area contributed by atoms with E-state index in [1.807, 2.05) is 4.90 Å². The molecule has 0 bridgehead atoms. The quantitative estimate of drug-likeness (QED) is 0.165. The van der Waals surface area contributed by atoms with Gasteiger partial charge in [0.25, 0.3) is 0 Å². The van der Waals surface area contributed by atoms with Crippen LogP contribution in [0.25, 0.3) is 22.1 Å². The van der Waals surface area contributed by atoms with Gasteiger partial charge in [-0.15, -0.1) is 0 Å². The van der Waals surface area contributed by atoms with Crippen LogP contribution in [0.15, 0.2) is 49.3 Å². The number of fused-ring (bicyclic) bond motifs is 2. The Hall–Kier alpha value is -4.92. The van der Waals surface area contributed by atoms with Crippen molar-refractivity contribution >= 4 is 45.3 Å². The van der Waals surface area contributed by atoms with E-state index in [1.165, 1.54) is 31.3 Å². The predicted octanol–water partition coefficient (Wildman–Crippen LogP) is 2.52. The summed E-state index contributed by atoms with van der Waals surface area (Å²) in [6.07, 6.45) is 10.7. The van der Waals surface area contributed by atoms with Crippen LogP contribution in [0, 0.1) is 5.82 Å². The number of benzene rings is 1. The van der Waals surface area contributed by atoms with Gasteiger partial charge in [-0.3, -0.25) is 15.0 Å². The number of aromatic amines is 2. The average Bonchev–Trinajstić information content (AvgIpc) is 3.72. The van der Waals surface area contributed by atoms with E-state index >= 15 is 0 Å². The lowest BCUT2D eigenvalue weighted by molar-refractivity contribution is -0.130. The fraction of sp³-hybridized carbons (Fsp3) is 0.393. The smallest absolute Gasteiger partial charge is 0.241 e. The van der Waals surface area contributed by atoms with Crippen LogP contribution in [0.4, 0.5) is 21.7 Å². The number of anilines is 3. The molecule has 0 unspecified atom stereocenters. The van der Waals surface area contributed by atoms with Gasteiger partial charge in [0.1, 0.15) is 30.1 Å². The van der Waals surface area contributed by atoms with Crippen LogP contribution in [-0.2, 0) is 4.79 Å². The van der Waals surface area contributed by atoms with Crippen LogP contribution in [0.5, 0.6) is 0 Å². The van der Waals surface area contributed by atoms with Crippen LogP contribution < -0.4 is 21.3 Å². The fourth-order valence-corrected chi connectivity index (χ4v) is 5.33. The topological polar surface area (TPSA) is 177 Å². The summed E-state index contributed by atoms with van der Waals surface area (Å²) in [6.45, 7) is 3.54. The summed E-state index contributed by atoms with van der Waals surface area (Å²) in [5.74, 6) is 1.24.